The summed E-state index contributed by atoms with van der Waals surface area (Å²) in [5.41, 5.74) is 0.858. The summed E-state index contributed by atoms with van der Waals surface area (Å²) in [7, 11) is 1.62. The summed E-state index contributed by atoms with van der Waals surface area (Å²) in [4.78, 5) is 11.0. The molecule has 0 aromatic heterocycles. The average molecular weight is 294 g/mol. The minimum absolute atomic E-state index is 0.190. The Labute approximate surface area is 122 Å². The number of thioether (sulfide) groups is 1. The van der Waals surface area contributed by atoms with Crippen molar-refractivity contribution in [3.63, 3.8) is 0 Å². The van der Waals surface area contributed by atoms with E-state index >= 15 is 0 Å². The predicted octanol–water partition coefficient (Wildman–Crippen LogP) is 2.70. The van der Waals surface area contributed by atoms with Crippen molar-refractivity contribution >= 4 is 17.7 Å². The van der Waals surface area contributed by atoms with E-state index in [4.69, 9.17) is 14.6 Å². The molecule has 1 N–H and O–H groups in total. The standard InChI is InChI=1S/C15H18O4S/c1-18-13-6-10(15(4-5-15)7-14(16)17)2-3-12(13)19-11-8-20-9-11/h2-3,6,11H,4-5,7-9H2,1H3,(H,16,17). The first-order valence-electron chi connectivity index (χ1n) is 6.78. The molecule has 3 rings (SSSR count). The number of benzene rings is 1. The second kappa shape index (κ2) is 5.20. The number of ether oxygens (including phenoxy) is 2. The molecule has 2 aliphatic rings. The van der Waals surface area contributed by atoms with Crippen LogP contribution in [0.4, 0.5) is 0 Å². The van der Waals surface area contributed by atoms with E-state index in [1.807, 2.05) is 30.0 Å². The summed E-state index contributed by atoms with van der Waals surface area (Å²) >= 11 is 1.87. The van der Waals surface area contributed by atoms with Crippen LogP contribution in [0.25, 0.3) is 0 Å². The van der Waals surface area contributed by atoms with Gasteiger partial charge in [-0.2, -0.15) is 11.8 Å². The second-order valence-electron chi connectivity index (χ2n) is 5.49. The lowest BCUT2D eigenvalue weighted by atomic mass is 9.92. The lowest BCUT2D eigenvalue weighted by Gasteiger charge is -2.27. The van der Waals surface area contributed by atoms with E-state index in [0.29, 0.717) is 5.75 Å². The molecule has 1 saturated heterocycles. The summed E-state index contributed by atoms with van der Waals surface area (Å²) in [6, 6.07) is 5.84. The zero-order valence-corrected chi connectivity index (χ0v) is 12.2. The van der Waals surface area contributed by atoms with Crippen molar-refractivity contribution in [1.29, 1.82) is 0 Å². The van der Waals surface area contributed by atoms with Gasteiger partial charge in [0.15, 0.2) is 11.5 Å². The Bertz CT molecular complexity index is 521. The zero-order chi connectivity index (χ0) is 14.2. The fourth-order valence-corrected chi connectivity index (χ4v) is 3.13. The van der Waals surface area contributed by atoms with Gasteiger partial charge in [0, 0.05) is 16.9 Å². The van der Waals surface area contributed by atoms with Gasteiger partial charge in [0.25, 0.3) is 0 Å². The van der Waals surface area contributed by atoms with E-state index in [9.17, 15) is 4.79 Å². The fourth-order valence-electron chi connectivity index (χ4n) is 2.56. The van der Waals surface area contributed by atoms with Crippen molar-refractivity contribution in [3.05, 3.63) is 23.8 Å². The van der Waals surface area contributed by atoms with Gasteiger partial charge in [0.1, 0.15) is 6.10 Å². The van der Waals surface area contributed by atoms with Gasteiger partial charge in [-0.15, -0.1) is 0 Å². The van der Waals surface area contributed by atoms with Gasteiger partial charge in [-0.05, 0) is 30.5 Å². The van der Waals surface area contributed by atoms with Crippen molar-refractivity contribution in [3.8, 4) is 11.5 Å². The first-order chi connectivity index (χ1) is 9.63. The summed E-state index contributed by atoms with van der Waals surface area (Å²) < 4.78 is 11.3. The van der Waals surface area contributed by atoms with Crippen molar-refractivity contribution in [2.75, 3.05) is 18.6 Å². The lowest BCUT2D eigenvalue weighted by molar-refractivity contribution is -0.137. The molecule has 5 heteroatoms. The van der Waals surface area contributed by atoms with Gasteiger partial charge in [0.05, 0.1) is 13.5 Å². The predicted molar refractivity (Wildman–Crippen MR) is 77.9 cm³/mol. The number of aliphatic carboxylic acids is 1. The van der Waals surface area contributed by atoms with E-state index in [2.05, 4.69) is 0 Å². The fraction of sp³-hybridized carbons (Fsp3) is 0.533. The van der Waals surface area contributed by atoms with Gasteiger partial charge >= 0.3 is 5.97 Å². The van der Waals surface area contributed by atoms with Crippen LogP contribution in [0.5, 0.6) is 11.5 Å². The van der Waals surface area contributed by atoms with Crippen molar-refractivity contribution in [2.24, 2.45) is 0 Å². The first-order valence-corrected chi connectivity index (χ1v) is 7.93. The Balaban J connectivity index is 1.81. The quantitative estimate of drug-likeness (QED) is 0.874. The molecular weight excluding hydrogens is 276 g/mol. The van der Waals surface area contributed by atoms with E-state index in [1.54, 1.807) is 7.11 Å². The van der Waals surface area contributed by atoms with Crippen LogP contribution < -0.4 is 9.47 Å². The van der Waals surface area contributed by atoms with Crippen LogP contribution in [-0.4, -0.2) is 35.8 Å². The molecule has 20 heavy (non-hydrogen) atoms. The van der Waals surface area contributed by atoms with Crippen molar-refractivity contribution in [1.82, 2.24) is 0 Å². The Hall–Kier alpha value is -1.36. The summed E-state index contributed by atoms with van der Waals surface area (Å²) in [6.07, 6.45) is 2.33. The third-order valence-electron chi connectivity index (χ3n) is 4.02. The molecule has 0 amide bonds. The highest BCUT2D eigenvalue weighted by atomic mass is 32.2. The number of rotatable bonds is 6. The minimum Gasteiger partial charge on any atom is -0.493 e. The van der Waals surface area contributed by atoms with Crippen LogP contribution in [0.1, 0.15) is 24.8 Å². The van der Waals surface area contributed by atoms with Gasteiger partial charge in [0.2, 0.25) is 0 Å². The van der Waals surface area contributed by atoms with Gasteiger partial charge < -0.3 is 14.6 Å². The molecule has 0 atom stereocenters. The number of carboxylic acids is 1. The molecule has 1 aliphatic heterocycles. The number of methoxy groups -OCH3 is 1. The van der Waals surface area contributed by atoms with Crippen molar-refractivity contribution < 1.29 is 19.4 Å². The maximum Gasteiger partial charge on any atom is 0.304 e. The van der Waals surface area contributed by atoms with E-state index in [1.165, 1.54) is 0 Å². The molecule has 4 nitrogen and oxygen atoms in total. The average Bonchev–Trinajstić information content (AvgIpc) is 3.13. The highest BCUT2D eigenvalue weighted by Crippen LogP contribution is 2.52. The first kappa shape index (κ1) is 13.6. The van der Waals surface area contributed by atoms with Crippen LogP contribution in [-0.2, 0) is 10.2 Å². The van der Waals surface area contributed by atoms with E-state index in [0.717, 1.165) is 35.7 Å². The molecular formula is C15H18O4S. The summed E-state index contributed by atoms with van der Waals surface area (Å²) in [5, 5.41) is 9.03. The number of carbonyl (C=O) groups is 1. The Morgan fingerprint density at radius 2 is 2.15 bits per heavy atom. The highest BCUT2D eigenvalue weighted by molar-refractivity contribution is 8.00. The van der Waals surface area contributed by atoms with Crippen LogP contribution in [0.2, 0.25) is 0 Å². The van der Waals surface area contributed by atoms with Gasteiger partial charge in [-0.25, -0.2) is 0 Å². The summed E-state index contributed by atoms with van der Waals surface area (Å²) in [5.74, 6) is 2.76. The topological polar surface area (TPSA) is 55.8 Å². The molecule has 1 aromatic rings. The van der Waals surface area contributed by atoms with Crippen LogP contribution >= 0.6 is 11.8 Å². The van der Waals surface area contributed by atoms with Crippen molar-refractivity contribution in [2.45, 2.75) is 30.8 Å². The molecule has 0 bridgehead atoms. The number of hydrogen-bond acceptors (Lipinski definition) is 4. The minimum atomic E-state index is -0.742. The van der Waals surface area contributed by atoms with Gasteiger partial charge in [-0.3, -0.25) is 4.79 Å². The SMILES string of the molecule is COc1cc(C2(CC(=O)O)CC2)ccc1OC1CSC1. The molecule has 0 spiro atoms. The number of carboxylic acid groups (broad SMARTS) is 1. The molecule has 0 unspecified atom stereocenters. The molecule has 1 saturated carbocycles. The Morgan fingerprint density at radius 3 is 2.65 bits per heavy atom. The third kappa shape index (κ3) is 2.59. The van der Waals surface area contributed by atoms with E-state index in [-0.39, 0.29) is 17.9 Å². The maximum atomic E-state index is 11.0. The molecule has 0 radical (unpaired) electrons. The lowest BCUT2D eigenvalue weighted by Crippen LogP contribution is -2.31. The van der Waals surface area contributed by atoms with Crippen LogP contribution in [0.15, 0.2) is 18.2 Å². The third-order valence-corrected chi connectivity index (χ3v) is 5.24. The Kier molecular flexibility index (Phi) is 3.54. The van der Waals surface area contributed by atoms with Gasteiger partial charge in [-0.1, -0.05) is 6.07 Å². The molecule has 2 fully saturated rings. The van der Waals surface area contributed by atoms with Crippen LogP contribution in [0, 0.1) is 0 Å². The van der Waals surface area contributed by atoms with E-state index < -0.39 is 5.97 Å². The summed E-state index contributed by atoms with van der Waals surface area (Å²) in [6.45, 7) is 0. The smallest absolute Gasteiger partial charge is 0.304 e. The zero-order valence-electron chi connectivity index (χ0n) is 11.4. The maximum absolute atomic E-state index is 11.0. The highest BCUT2D eigenvalue weighted by Gasteiger charge is 2.46. The normalized spacial score (nSPS) is 20.1. The molecule has 1 aromatic carbocycles. The molecule has 108 valence electrons. The molecule has 1 aliphatic carbocycles. The monoisotopic (exact) mass is 294 g/mol. The largest absolute Gasteiger partial charge is 0.493 e. The molecule has 1 heterocycles. The van der Waals surface area contributed by atoms with Crippen LogP contribution in [0.3, 0.4) is 0 Å². The Morgan fingerprint density at radius 1 is 1.40 bits per heavy atom. The second-order valence-corrected chi connectivity index (χ2v) is 6.57. The number of hydrogen-bond donors (Lipinski definition) is 1.